The molecule has 0 aliphatic rings. The Morgan fingerprint density at radius 2 is 2.21 bits per heavy atom. The number of carbonyl (C=O) groups is 1. The number of thiazole rings is 1. The molecule has 1 amide bonds. The maximum atomic E-state index is 12.0. The minimum Gasteiger partial charge on any atom is -0.444 e. The van der Waals surface area contributed by atoms with E-state index in [1.165, 1.54) is 16.2 Å². The molecule has 2 aromatic rings. The molecule has 0 bridgehead atoms. The first-order chi connectivity index (χ1) is 9.31. The standard InChI is InChI=1S/C14H12N2O2S/c1-2-9-16(13-15-8-10-19-13)14(17)18-11-12-6-4-3-5-7-12/h1,3-8,10H,9,11H2. The SMILES string of the molecule is C#CCN(C(=O)OCc1ccccc1)c1nccs1. The van der Waals surface area contributed by atoms with Crippen molar-refractivity contribution in [3.05, 3.63) is 47.5 Å². The smallest absolute Gasteiger partial charge is 0.417 e. The number of benzene rings is 1. The molecule has 1 aromatic heterocycles. The second-order valence-corrected chi connectivity index (χ2v) is 4.52. The van der Waals surface area contributed by atoms with Crippen LogP contribution >= 0.6 is 11.3 Å². The molecule has 0 saturated heterocycles. The summed E-state index contributed by atoms with van der Waals surface area (Å²) in [6.07, 6.45) is 6.39. The van der Waals surface area contributed by atoms with Crippen LogP contribution in [0.5, 0.6) is 0 Å². The predicted octanol–water partition coefficient (Wildman–Crippen LogP) is 2.92. The van der Waals surface area contributed by atoms with E-state index in [0.717, 1.165) is 5.56 Å². The minimum atomic E-state index is -0.489. The lowest BCUT2D eigenvalue weighted by molar-refractivity contribution is 0.148. The fourth-order valence-electron chi connectivity index (χ4n) is 1.45. The first-order valence-electron chi connectivity index (χ1n) is 5.62. The summed E-state index contributed by atoms with van der Waals surface area (Å²) in [6, 6.07) is 9.47. The molecule has 19 heavy (non-hydrogen) atoms. The predicted molar refractivity (Wildman–Crippen MR) is 74.9 cm³/mol. The molecule has 96 valence electrons. The Morgan fingerprint density at radius 1 is 1.42 bits per heavy atom. The Labute approximate surface area is 115 Å². The van der Waals surface area contributed by atoms with Crippen LogP contribution in [0.3, 0.4) is 0 Å². The van der Waals surface area contributed by atoms with Crippen molar-refractivity contribution in [3.8, 4) is 12.3 Å². The van der Waals surface area contributed by atoms with Crippen molar-refractivity contribution < 1.29 is 9.53 Å². The van der Waals surface area contributed by atoms with E-state index in [1.807, 2.05) is 30.3 Å². The van der Waals surface area contributed by atoms with Gasteiger partial charge in [-0.2, -0.15) is 0 Å². The molecule has 0 N–H and O–H groups in total. The third-order valence-corrected chi connectivity index (χ3v) is 3.12. The number of aromatic nitrogens is 1. The molecule has 0 spiro atoms. The third kappa shape index (κ3) is 3.57. The van der Waals surface area contributed by atoms with Crippen LogP contribution in [-0.2, 0) is 11.3 Å². The van der Waals surface area contributed by atoms with Gasteiger partial charge in [0.2, 0.25) is 0 Å². The van der Waals surface area contributed by atoms with Gasteiger partial charge in [0.05, 0.1) is 6.54 Å². The van der Waals surface area contributed by atoms with Gasteiger partial charge in [-0.3, -0.25) is 0 Å². The Balaban J connectivity index is 1.99. The molecular weight excluding hydrogens is 260 g/mol. The third-order valence-electron chi connectivity index (χ3n) is 2.33. The Morgan fingerprint density at radius 3 is 2.84 bits per heavy atom. The lowest BCUT2D eigenvalue weighted by Crippen LogP contribution is -2.31. The van der Waals surface area contributed by atoms with Crippen molar-refractivity contribution in [1.82, 2.24) is 4.98 Å². The van der Waals surface area contributed by atoms with Crippen molar-refractivity contribution in [3.63, 3.8) is 0 Å². The van der Waals surface area contributed by atoms with Crippen molar-refractivity contribution in [2.45, 2.75) is 6.61 Å². The molecule has 0 saturated carbocycles. The van der Waals surface area contributed by atoms with Gasteiger partial charge in [0.15, 0.2) is 5.13 Å². The van der Waals surface area contributed by atoms with E-state index >= 15 is 0 Å². The number of hydrogen-bond acceptors (Lipinski definition) is 4. The second-order valence-electron chi connectivity index (χ2n) is 3.65. The lowest BCUT2D eigenvalue weighted by atomic mass is 10.2. The van der Waals surface area contributed by atoms with Gasteiger partial charge in [0.1, 0.15) is 6.61 Å². The Hall–Kier alpha value is -2.32. The van der Waals surface area contributed by atoms with E-state index in [9.17, 15) is 4.79 Å². The number of hydrogen-bond donors (Lipinski definition) is 0. The maximum absolute atomic E-state index is 12.0. The highest BCUT2D eigenvalue weighted by Gasteiger charge is 2.18. The molecule has 5 heteroatoms. The maximum Gasteiger partial charge on any atom is 0.417 e. The van der Waals surface area contributed by atoms with Crippen molar-refractivity contribution in [2.24, 2.45) is 0 Å². The van der Waals surface area contributed by atoms with Crippen LogP contribution in [0, 0.1) is 12.3 Å². The monoisotopic (exact) mass is 272 g/mol. The van der Waals surface area contributed by atoms with Crippen molar-refractivity contribution >= 4 is 22.6 Å². The fourth-order valence-corrected chi connectivity index (χ4v) is 2.08. The molecule has 4 nitrogen and oxygen atoms in total. The highest BCUT2D eigenvalue weighted by Crippen LogP contribution is 2.18. The average Bonchev–Trinajstić information content (AvgIpc) is 2.97. The van der Waals surface area contributed by atoms with Crippen LogP contribution in [0.4, 0.5) is 9.93 Å². The number of terminal acetylenes is 1. The van der Waals surface area contributed by atoms with E-state index < -0.39 is 6.09 Å². The zero-order valence-corrected chi connectivity index (χ0v) is 11.0. The van der Waals surface area contributed by atoms with Gasteiger partial charge >= 0.3 is 6.09 Å². The Kier molecular flexibility index (Phi) is 4.54. The molecule has 0 radical (unpaired) electrons. The molecule has 1 aromatic carbocycles. The first kappa shape index (κ1) is 13.1. The number of ether oxygens (including phenoxy) is 1. The number of nitrogens with zero attached hydrogens (tertiary/aromatic N) is 2. The summed E-state index contributed by atoms with van der Waals surface area (Å²) in [6.45, 7) is 0.354. The molecule has 0 atom stereocenters. The van der Waals surface area contributed by atoms with Crippen LogP contribution in [0.25, 0.3) is 0 Å². The fraction of sp³-hybridized carbons (Fsp3) is 0.143. The molecule has 0 aliphatic heterocycles. The van der Waals surface area contributed by atoms with Crippen LogP contribution in [0.15, 0.2) is 41.9 Å². The minimum absolute atomic E-state index is 0.140. The largest absolute Gasteiger partial charge is 0.444 e. The van der Waals surface area contributed by atoms with E-state index in [2.05, 4.69) is 10.9 Å². The summed E-state index contributed by atoms with van der Waals surface area (Å²) < 4.78 is 5.22. The van der Waals surface area contributed by atoms with Crippen molar-refractivity contribution in [2.75, 3.05) is 11.4 Å². The number of rotatable bonds is 4. The van der Waals surface area contributed by atoms with Crippen LogP contribution in [0.1, 0.15) is 5.56 Å². The summed E-state index contributed by atoms with van der Waals surface area (Å²) in [4.78, 5) is 17.4. The van der Waals surface area contributed by atoms with Gasteiger partial charge in [0.25, 0.3) is 0 Å². The Bertz CT molecular complexity index is 561. The zero-order chi connectivity index (χ0) is 13.5. The number of amides is 1. The molecule has 0 unspecified atom stereocenters. The van der Waals surface area contributed by atoms with Crippen molar-refractivity contribution in [1.29, 1.82) is 0 Å². The zero-order valence-electron chi connectivity index (χ0n) is 10.2. The summed E-state index contributed by atoms with van der Waals surface area (Å²) >= 11 is 1.34. The second kappa shape index (κ2) is 6.57. The first-order valence-corrected chi connectivity index (χ1v) is 6.50. The van der Waals surface area contributed by atoms with Crippen LogP contribution in [-0.4, -0.2) is 17.6 Å². The molecule has 1 heterocycles. The summed E-state index contributed by atoms with van der Waals surface area (Å²) in [5, 5.41) is 2.32. The summed E-state index contributed by atoms with van der Waals surface area (Å²) in [7, 11) is 0. The normalized spacial score (nSPS) is 9.63. The highest BCUT2D eigenvalue weighted by atomic mass is 32.1. The van der Waals surface area contributed by atoms with E-state index in [4.69, 9.17) is 11.2 Å². The molecular formula is C14H12N2O2S. The molecule has 2 rings (SSSR count). The topological polar surface area (TPSA) is 42.4 Å². The lowest BCUT2D eigenvalue weighted by Gasteiger charge is -2.16. The average molecular weight is 272 g/mol. The van der Waals surface area contributed by atoms with Crippen LogP contribution in [0.2, 0.25) is 0 Å². The van der Waals surface area contributed by atoms with Gasteiger partial charge in [-0.1, -0.05) is 36.3 Å². The van der Waals surface area contributed by atoms with Gasteiger partial charge < -0.3 is 4.74 Å². The quantitative estimate of drug-likeness (QED) is 0.804. The van der Waals surface area contributed by atoms with Gasteiger partial charge in [-0.05, 0) is 5.56 Å². The van der Waals surface area contributed by atoms with E-state index in [0.29, 0.717) is 5.13 Å². The summed E-state index contributed by atoms with van der Waals surface area (Å²) in [5.74, 6) is 2.43. The van der Waals surface area contributed by atoms with E-state index in [1.54, 1.807) is 11.6 Å². The van der Waals surface area contributed by atoms with Crippen LogP contribution < -0.4 is 4.90 Å². The van der Waals surface area contributed by atoms with Gasteiger partial charge in [-0.15, -0.1) is 17.8 Å². The molecule has 0 aliphatic carbocycles. The van der Waals surface area contributed by atoms with Gasteiger partial charge in [0, 0.05) is 11.6 Å². The number of anilines is 1. The summed E-state index contributed by atoms with van der Waals surface area (Å²) in [5.41, 5.74) is 0.927. The van der Waals surface area contributed by atoms with Gasteiger partial charge in [-0.25, -0.2) is 14.7 Å². The highest BCUT2D eigenvalue weighted by molar-refractivity contribution is 7.13. The number of carbonyl (C=O) groups excluding carboxylic acids is 1. The van der Waals surface area contributed by atoms with E-state index in [-0.39, 0.29) is 13.2 Å². The molecule has 0 fully saturated rings.